The molecule has 27 heavy (non-hydrogen) atoms. The lowest BCUT2D eigenvalue weighted by atomic mass is 10.1. The molecule has 0 aliphatic rings. The van der Waals surface area contributed by atoms with Crippen LogP contribution in [0, 0.1) is 13.8 Å². The Morgan fingerprint density at radius 2 is 2.00 bits per heavy atom. The van der Waals surface area contributed by atoms with Gasteiger partial charge in [-0.2, -0.15) is 0 Å². The Kier molecular flexibility index (Phi) is 6.36. The van der Waals surface area contributed by atoms with Crippen molar-refractivity contribution in [2.45, 2.75) is 33.7 Å². The monoisotopic (exact) mass is 385 g/mol. The fourth-order valence-electron chi connectivity index (χ4n) is 3.11. The van der Waals surface area contributed by atoms with E-state index in [0.29, 0.717) is 24.9 Å². The second-order valence-corrected chi connectivity index (χ2v) is 7.70. The molecule has 7 heteroatoms. The summed E-state index contributed by atoms with van der Waals surface area (Å²) in [6.45, 7) is 7.91. The quantitative estimate of drug-likeness (QED) is 0.625. The highest BCUT2D eigenvalue weighted by Crippen LogP contribution is 2.22. The average Bonchev–Trinajstić information content (AvgIpc) is 3.24. The number of benzene rings is 1. The molecule has 1 unspecified atom stereocenters. The molecule has 0 aliphatic heterocycles. The SMILES string of the molecule is CCC[NH+](CC(=O)Nc1cc(C)cc(C)c1)Cc1nnc(-c2cccs2)o1. The van der Waals surface area contributed by atoms with E-state index in [4.69, 9.17) is 4.42 Å². The fourth-order valence-corrected chi connectivity index (χ4v) is 3.75. The van der Waals surface area contributed by atoms with Crippen molar-refractivity contribution >= 4 is 22.9 Å². The minimum atomic E-state index is -0.0126. The van der Waals surface area contributed by atoms with Gasteiger partial charge in [-0.1, -0.05) is 19.1 Å². The van der Waals surface area contributed by atoms with Crippen molar-refractivity contribution in [3.63, 3.8) is 0 Å². The maximum atomic E-state index is 12.5. The molecule has 0 bridgehead atoms. The highest BCUT2D eigenvalue weighted by atomic mass is 32.1. The molecule has 0 spiro atoms. The second kappa shape index (κ2) is 8.92. The summed E-state index contributed by atoms with van der Waals surface area (Å²) in [5.41, 5.74) is 3.11. The van der Waals surface area contributed by atoms with Gasteiger partial charge in [0.1, 0.15) is 0 Å². The van der Waals surface area contributed by atoms with Gasteiger partial charge in [0.25, 0.3) is 17.7 Å². The van der Waals surface area contributed by atoms with Crippen LogP contribution in [0.5, 0.6) is 0 Å². The molecule has 0 radical (unpaired) electrons. The van der Waals surface area contributed by atoms with Crippen molar-refractivity contribution in [1.29, 1.82) is 0 Å². The molecule has 0 saturated heterocycles. The number of nitrogens with zero attached hydrogens (tertiary/aromatic N) is 2. The lowest BCUT2D eigenvalue weighted by Gasteiger charge is -2.17. The zero-order chi connectivity index (χ0) is 19.2. The van der Waals surface area contributed by atoms with Crippen molar-refractivity contribution in [2.75, 3.05) is 18.4 Å². The molecule has 2 aromatic heterocycles. The van der Waals surface area contributed by atoms with Crippen LogP contribution in [-0.4, -0.2) is 29.2 Å². The van der Waals surface area contributed by atoms with Crippen LogP contribution in [0.15, 0.2) is 40.1 Å². The van der Waals surface area contributed by atoms with Crippen molar-refractivity contribution in [3.8, 4) is 10.8 Å². The average molecular weight is 386 g/mol. The van der Waals surface area contributed by atoms with E-state index in [1.807, 2.05) is 43.5 Å². The van der Waals surface area contributed by atoms with E-state index < -0.39 is 0 Å². The van der Waals surface area contributed by atoms with Gasteiger partial charge in [0.05, 0.1) is 11.4 Å². The Hall–Kier alpha value is -2.51. The number of carbonyl (C=O) groups is 1. The third kappa shape index (κ3) is 5.48. The zero-order valence-electron chi connectivity index (χ0n) is 15.9. The zero-order valence-corrected chi connectivity index (χ0v) is 16.7. The van der Waals surface area contributed by atoms with Crippen LogP contribution in [0.2, 0.25) is 0 Å². The first-order valence-electron chi connectivity index (χ1n) is 9.11. The summed E-state index contributed by atoms with van der Waals surface area (Å²) < 4.78 is 5.77. The van der Waals surface area contributed by atoms with Crippen molar-refractivity contribution in [1.82, 2.24) is 10.2 Å². The van der Waals surface area contributed by atoms with Crippen LogP contribution in [0.25, 0.3) is 10.8 Å². The first kappa shape index (κ1) is 19.3. The van der Waals surface area contributed by atoms with Gasteiger partial charge in [0.15, 0.2) is 13.1 Å². The molecule has 3 aromatic rings. The number of rotatable bonds is 8. The van der Waals surface area contributed by atoms with Gasteiger partial charge in [0, 0.05) is 5.69 Å². The molecule has 1 aromatic carbocycles. The number of hydrogen-bond donors (Lipinski definition) is 2. The van der Waals surface area contributed by atoms with E-state index in [0.717, 1.165) is 39.6 Å². The summed E-state index contributed by atoms with van der Waals surface area (Å²) in [6.07, 6.45) is 0.970. The van der Waals surface area contributed by atoms with E-state index in [1.54, 1.807) is 11.3 Å². The predicted octanol–water partition coefficient (Wildman–Crippen LogP) is 2.85. The van der Waals surface area contributed by atoms with Gasteiger partial charge in [0.2, 0.25) is 0 Å². The molecule has 0 saturated carbocycles. The number of hydrogen-bond acceptors (Lipinski definition) is 5. The molecule has 2 heterocycles. The number of aromatic nitrogens is 2. The standard InChI is InChI=1S/C20H24N4O2S/c1-4-7-24(12-18(25)21-16-10-14(2)9-15(3)11-16)13-19-22-23-20(26-19)17-6-5-8-27-17/h5-6,8-11H,4,7,12-13H2,1-3H3,(H,21,25)/p+1. The first-order valence-corrected chi connectivity index (χ1v) is 9.99. The van der Waals surface area contributed by atoms with Crippen molar-refractivity contribution in [2.24, 2.45) is 0 Å². The van der Waals surface area contributed by atoms with E-state index in [-0.39, 0.29) is 5.91 Å². The molecule has 1 amide bonds. The third-order valence-electron chi connectivity index (χ3n) is 4.12. The molecule has 0 fully saturated rings. The molecule has 2 N–H and O–H groups in total. The number of nitrogens with one attached hydrogen (secondary N) is 2. The topological polar surface area (TPSA) is 72.5 Å². The maximum absolute atomic E-state index is 12.5. The predicted molar refractivity (Wildman–Crippen MR) is 107 cm³/mol. The van der Waals surface area contributed by atoms with Gasteiger partial charge in [-0.3, -0.25) is 4.79 Å². The summed E-state index contributed by atoms with van der Waals surface area (Å²) >= 11 is 1.57. The highest BCUT2D eigenvalue weighted by molar-refractivity contribution is 7.13. The molecule has 6 nitrogen and oxygen atoms in total. The van der Waals surface area contributed by atoms with Gasteiger partial charge in [-0.25, -0.2) is 0 Å². The normalized spacial score (nSPS) is 12.1. The summed E-state index contributed by atoms with van der Waals surface area (Å²) in [5.74, 6) is 1.08. The van der Waals surface area contributed by atoms with E-state index in [2.05, 4.69) is 28.5 Å². The number of amides is 1. The Morgan fingerprint density at radius 3 is 2.67 bits per heavy atom. The summed E-state index contributed by atoms with van der Waals surface area (Å²) in [4.78, 5) is 14.6. The van der Waals surface area contributed by atoms with Crippen LogP contribution >= 0.6 is 11.3 Å². The lowest BCUT2D eigenvalue weighted by Crippen LogP contribution is -3.11. The molecular weight excluding hydrogens is 360 g/mol. The van der Waals surface area contributed by atoms with Crippen LogP contribution in [0.1, 0.15) is 30.4 Å². The molecule has 3 rings (SSSR count). The molecule has 1 atom stereocenters. The van der Waals surface area contributed by atoms with Gasteiger partial charge in [-0.15, -0.1) is 21.5 Å². The summed E-state index contributed by atoms with van der Waals surface area (Å²) in [5, 5.41) is 13.2. The van der Waals surface area contributed by atoms with Crippen LogP contribution in [0.4, 0.5) is 5.69 Å². The Morgan fingerprint density at radius 1 is 1.22 bits per heavy atom. The largest absolute Gasteiger partial charge is 0.414 e. The Bertz CT molecular complexity index is 869. The van der Waals surface area contributed by atoms with Crippen LogP contribution in [-0.2, 0) is 11.3 Å². The highest BCUT2D eigenvalue weighted by Gasteiger charge is 2.19. The fraction of sp³-hybridized carbons (Fsp3) is 0.350. The number of thiophene rings is 1. The van der Waals surface area contributed by atoms with Crippen molar-refractivity contribution < 1.29 is 14.1 Å². The van der Waals surface area contributed by atoms with Crippen molar-refractivity contribution in [3.05, 3.63) is 52.7 Å². The smallest absolute Gasteiger partial charge is 0.279 e. The van der Waals surface area contributed by atoms with E-state index in [9.17, 15) is 4.79 Å². The Balaban J connectivity index is 1.62. The molecular formula is C20H25N4O2S+. The second-order valence-electron chi connectivity index (χ2n) is 6.76. The Labute approximate surface area is 163 Å². The number of aryl methyl sites for hydroxylation is 2. The van der Waals surface area contributed by atoms with Gasteiger partial charge < -0.3 is 14.6 Å². The number of quaternary nitrogens is 1. The lowest BCUT2D eigenvalue weighted by molar-refractivity contribution is -0.907. The summed E-state index contributed by atoms with van der Waals surface area (Å²) in [6, 6.07) is 9.96. The molecule has 0 aliphatic carbocycles. The summed E-state index contributed by atoms with van der Waals surface area (Å²) in [7, 11) is 0. The van der Waals surface area contributed by atoms with Crippen LogP contribution < -0.4 is 10.2 Å². The minimum absolute atomic E-state index is 0.0126. The number of carbonyl (C=O) groups excluding carboxylic acids is 1. The van der Waals surface area contributed by atoms with E-state index >= 15 is 0 Å². The number of anilines is 1. The van der Waals surface area contributed by atoms with Gasteiger partial charge >= 0.3 is 0 Å². The minimum Gasteiger partial charge on any atom is -0.414 e. The van der Waals surface area contributed by atoms with Gasteiger partial charge in [-0.05, 0) is 55.0 Å². The molecule has 142 valence electrons. The third-order valence-corrected chi connectivity index (χ3v) is 4.98. The van der Waals surface area contributed by atoms with Crippen LogP contribution in [0.3, 0.4) is 0 Å². The first-order chi connectivity index (χ1) is 13.0. The van der Waals surface area contributed by atoms with E-state index in [1.165, 1.54) is 0 Å². The maximum Gasteiger partial charge on any atom is 0.279 e.